The molecule has 1 aliphatic heterocycles. The first-order valence-electron chi connectivity index (χ1n) is 6.71. The van der Waals surface area contributed by atoms with E-state index in [2.05, 4.69) is 6.07 Å². The molecular formula is C15H16F4N2. The maximum Gasteiger partial charge on any atom is 0.416 e. The summed E-state index contributed by atoms with van der Waals surface area (Å²) in [5.41, 5.74) is -1.78. The summed E-state index contributed by atoms with van der Waals surface area (Å²) in [6.45, 7) is 1.35. The van der Waals surface area contributed by atoms with Crippen LogP contribution in [0.25, 0.3) is 0 Å². The van der Waals surface area contributed by atoms with E-state index in [1.54, 1.807) is 0 Å². The Hall–Kier alpha value is -1.61. The molecule has 0 atom stereocenters. The number of alkyl halides is 3. The van der Waals surface area contributed by atoms with Crippen LogP contribution in [-0.4, -0.2) is 25.0 Å². The predicted octanol–water partition coefficient (Wildman–Crippen LogP) is 3.62. The van der Waals surface area contributed by atoms with Gasteiger partial charge in [-0.3, -0.25) is 0 Å². The second kappa shape index (κ2) is 5.64. The van der Waals surface area contributed by atoms with Gasteiger partial charge in [0.2, 0.25) is 0 Å². The second-order valence-electron chi connectivity index (χ2n) is 5.67. The number of rotatable bonds is 2. The standard InChI is InChI=1S/C15H16F4N2/c1-21-6-4-14(10-20,5-7-21)9-11-2-3-12(16)8-13(11)15(17,18)19/h2-3,8H,4-7,9H2,1H3. The number of benzene rings is 1. The van der Waals surface area contributed by atoms with E-state index >= 15 is 0 Å². The highest BCUT2D eigenvalue weighted by molar-refractivity contribution is 5.32. The molecule has 1 aromatic carbocycles. The van der Waals surface area contributed by atoms with Gasteiger partial charge in [0.05, 0.1) is 17.0 Å². The first-order chi connectivity index (χ1) is 9.76. The quantitative estimate of drug-likeness (QED) is 0.780. The summed E-state index contributed by atoms with van der Waals surface area (Å²) >= 11 is 0. The van der Waals surface area contributed by atoms with Gasteiger partial charge in [0.1, 0.15) is 5.82 Å². The highest BCUT2D eigenvalue weighted by Crippen LogP contribution is 2.39. The molecule has 0 aliphatic carbocycles. The number of piperidine rings is 1. The summed E-state index contributed by atoms with van der Waals surface area (Å²) in [4.78, 5) is 2.05. The lowest BCUT2D eigenvalue weighted by molar-refractivity contribution is -0.138. The van der Waals surface area contributed by atoms with Crippen LogP contribution in [0.3, 0.4) is 0 Å². The fourth-order valence-electron chi connectivity index (χ4n) is 2.71. The van der Waals surface area contributed by atoms with Crippen molar-refractivity contribution in [1.82, 2.24) is 4.90 Å². The van der Waals surface area contributed by atoms with Gasteiger partial charge in [0.15, 0.2) is 0 Å². The van der Waals surface area contributed by atoms with Crippen molar-refractivity contribution in [3.8, 4) is 6.07 Å². The summed E-state index contributed by atoms with van der Waals surface area (Å²) in [7, 11) is 1.92. The molecule has 2 rings (SSSR count). The van der Waals surface area contributed by atoms with E-state index in [-0.39, 0.29) is 12.0 Å². The molecule has 114 valence electrons. The number of hydrogen-bond donors (Lipinski definition) is 0. The van der Waals surface area contributed by atoms with Crippen LogP contribution in [0.5, 0.6) is 0 Å². The minimum atomic E-state index is -4.61. The van der Waals surface area contributed by atoms with Crippen molar-refractivity contribution in [2.24, 2.45) is 5.41 Å². The first-order valence-corrected chi connectivity index (χ1v) is 6.71. The Bertz CT molecular complexity index is 552. The Kier molecular flexibility index (Phi) is 4.24. The monoisotopic (exact) mass is 300 g/mol. The summed E-state index contributed by atoms with van der Waals surface area (Å²) in [6.07, 6.45) is -3.56. The molecular weight excluding hydrogens is 284 g/mol. The Morgan fingerprint density at radius 2 is 1.90 bits per heavy atom. The topological polar surface area (TPSA) is 27.0 Å². The van der Waals surface area contributed by atoms with E-state index in [0.717, 1.165) is 12.1 Å². The molecule has 6 heteroatoms. The highest BCUT2D eigenvalue weighted by Gasteiger charge is 2.39. The fraction of sp³-hybridized carbons (Fsp3) is 0.533. The summed E-state index contributed by atoms with van der Waals surface area (Å²) in [6, 6.07) is 4.87. The zero-order valence-electron chi connectivity index (χ0n) is 11.7. The molecule has 0 N–H and O–H groups in total. The van der Waals surface area contributed by atoms with Gasteiger partial charge in [-0.2, -0.15) is 18.4 Å². The Labute approximate surface area is 121 Å². The van der Waals surface area contributed by atoms with Crippen LogP contribution in [0.1, 0.15) is 24.0 Å². The van der Waals surface area contributed by atoms with Crippen molar-refractivity contribution in [2.75, 3.05) is 20.1 Å². The number of nitriles is 1. The van der Waals surface area contributed by atoms with Crippen molar-refractivity contribution in [1.29, 1.82) is 5.26 Å². The normalized spacial score (nSPS) is 19.2. The molecule has 0 radical (unpaired) electrons. The van der Waals surface area contributed by atoms with Gasteiger partial charge in [-0.1, -0.05) is 6.07 Å². The Morgan fingerprint density at radius 3 is 2.43 bits per heavy atom. The third kappa shape index (κ3) is 3.53. The number of halogens is 4. The van der Waals surface area contributed by atoms with Crippen LogP contribution >= 0.6 is 0 Å². The lowest BCUT2D eigenvalue weighted by Gasteiger charge is -2.36. The molecule has 0 saturated carbocycles. The first kappa shape index (κ1) is 15.8. The van der Waals surface area contributed by atoms with E-state index in [1.807, 2.05) is 11.9 Å². The highest BCUT2D eigenvalue weighted by atomic mass is 19.4. The lowest BCUT2D eigenvalue weighted by atomic mass is 9.74. The average molecular weight is 300 g/mol. The van der Waals surface area contributed by atoms with Crippen molar-refractivity contribution in [2.45, 2.75) is 25.4 Å². The van der Waals surface area contributed by atoms with Crippen LogP contribution in [-0.2, 0) is 12.6 Å². The molecule has 2 nitrogen and oxygen atoms in total. The molecule has 1 saturated heterocycles. The predicted molar refractivity (Wildman–Crippen MR) is 69.9 cm³/mol. The van der Waals surface area contributed by atoms with Crippen molar-refractivity contribution >= 4 is 0 Å². The number of likely N-dealkylation sites (tertiary alicyclic amines) is 1. The van der Waals surface area contributed by atoms with Gasteiger partial charge in [-0.15, -0.1) is 0 Å². The largest absolute Gasteiger partial charge is 0.416 e. The van der Waals surface area contributed by atoms with Crippen molar-refractivity contribution in [3.63, 3.8) is 0 Å². The molecule has 1 fully saturated rings. The second-order valence-corrected chi connectivity index (χ2v) is 5.67. The smallest absolute Gasteiger partial charge is 0.306 e. The van der Waals surface area contributed by atoms with E-state index in [4.69, 9.17) is 0 Å². The molecule has 1 heterocycles. The maximum atomic E-state index is 13.1. The fourth-order valence-corrected chi connectivity index (χ4v) is 2.71. The van der Waals surface area contributed by atoms with Gasteiger partial charge >= 0.3 is 6.18 Å². The Balaban J connectivity index is 2.33. The van der Waals surface area contributed by atoms with Crippen LogP contribution in [0.15, 0.2) is 18.2 Å². The Morgan fingerprint density at radius 1 is 1.29 bits per heavy atom. The van der Waals surface area contributed by atoms with Crippen LogP contribution < -0.4 is 0 Å². The van der Waals surface area contributed by atoms with E-state index in [0.29, 0.717) is 32.0 Å². The number of nitrogens with zero attached hydrogens (tertiary/aromatic N) is 2. The molecule has 1 aromatic rings. The van der Waals surface area contributed by atoms with Gasteiger partial charge in [0, 0.05) is 0 Å². The lowest BCUT2D eigenvalue weighted by Crippen LogP contribution is -2.38. The maximum absolute atomic E-state index is 13.1. The molecule has 0 spiro atoms. The van der Waals surface area contributed by atoms with Gasteiger partial charge < -0.3 is 4.90 Å². The third-order valence-electron chi connectivity index (χ3n) is 4.09. The minimum absolute atomic E-state index is 0.00463. The van der Waals surface area contributed by atoms with Gasteiger partial charge in [-0.25, -0.2) is 4.39 Å². The van der Waals surface area contributed by atoms with Gasteiger partial charge in [-0.05, 0) is 57.1 Å². The molecule has 0 unspecified atom stereocenters. The molecule has 0 aromatic heterocycles. The van der Waals surface area contributed by atoms with Gasteiger partial charge in [0.25, 0.3) is 0 Å². The third-order valence-corrected chi connectivity index (χ3v) is 4.09. The van der Waals surface area contributed by atoms with Crippen LogP contribution in [0.2, 0.25) is 0 Å². The van der Waals surface area contributed by atoms with E-state index < -0.39 is 23.0 Å². The van der Waals surface area contributed by atoms with Crippen molar-refractivity contribution in [3.05, 3.63) is 35.1 Å². The summed E-state index contributed by atoms with van der Waals surface area (Å²) in [5, 5.41) is 9.41. The number of hydrogen-bond acceptors (Lipinski definition) is 2. The van der Waals surface area contributed by atoms with E-state index in [1.165, 1.54) is 0 Å². The average Bonchev–Trinajstić information content (AvgIpc) is 2.42. The zero-order chi connectivity index (χ0) is 15.7. The van der Waals surface area contributed by atoms with Crippen LogP contribution in [0, 0.1) is 22.6 Å². The van der Waals surface area contributed by atoms with Crippen molar-refractivity contribution < 1.29 is 17.6 Å². The summed E-state index contributed by atoms with van der Waals surface area (Å²) in [5.74, 6) is -0.916. The van der Waals surface area contributed by atoms with Crippen LogP contribution in [0.4, 0.5) is 17.6 Å². The molecule has 0 bridgehead atoms. The molecule has 0 amide bonds. The molecule has 21 heavy (non-hydrogen) atoms. The minimum Gasteiger partial charge on any atom is -0.306 e. The molecule has 1 aliphatic rings. The SMILES string of the molecule is CN1CCC(C#N)(Cc2ccc(F)cc2C(F)(F)F)CC1. The van der Waals surface area contributed by atoms with E-state index in [9.17, 15) is 22.8 Å². The summed E-state index contributed by atoms with van der Waals surface area (Å²) < 4.78 is 52.2. The zero-order valence-corrected chi connectivity index (χ0v) is 11.7.